The van der Waals surface area contributed by atoms with Crippen molar-refractivity contribution in [3.8, 4) is 0 Å². The first-order valence-corrected chi connectivity index (χ1v) is 6.19. The van der Waals surface area contributed by atoms with Crippen LogP contribution in [0.4, 0.5) is 14.5 Å². The largest absolute Gasteiger partial charge is 0.310 e. The Kier molecular flexibility index (Phi) is 4.06. The minimum absolute atomic E-state index is 0. The molecule has 0 radical (unpaired) electrons. The summed E-state index contributed by atoms with van der Waals surface area (Å²) in [6.07, 6.45) is 2.38. The van der Waals surface area contributed by atoms with Gasteiger partial charge in [0, 0.05) is 12.6 Å². The molecule has 2 aliphatic heterocycles. The lowest BCUT2D eigenvalue weighted by Gasteiger charge is -2.21. The van der Waals surface area contributed by atoms with Crippen molar-refractivity contribution in [2.24, 2.45) is 0 Å². The molecule has 1 saturated heterocycles. The molecular formula is C13H15ClF2N2O. The van der Waals surface area contributed by atoms with E-state index in [0.717, 1.165) is 25.5 Å². The fraction of sp³-hybridized carbons (Fsp3) is 0.462. The summed E-state index contributed by atoms with van der Waals surface area (Å²) >= 11 is 0. The molecule has 3 nitrogen and oxygen atoms in total. The van der Waals surface area contributed by atoms with Crippen molar-refractivity contribution in [1.29, 1.82) is 0 Å². The SMILES string of the molecule is Cl.O=C(C1CCCN1)N1CCc2cc(F)c(F)cc21. The Morgan fingerprint density at radius 2 is 2.05 bits per heavy atom. The van der Waals surface area contributed by atoms with Gasteiger partial charge in [0.25, 0.3) is 0 Å². The Morgan fingerprint density at radius 1 is 1.32 bits per heavy atom. The van der Waals surface area contributed by atoms with Crippen molar-refractivity contribution in [2.75, 3.05) is 18.0 Å². The predicted molar refractivity (Wildman–Crippen MR) is 70.7 cm³/mol. The van der Waals surface area contributed by atoms with Gasteiger partial charge in [0.2, 0.25) is 5.91 Å². The van der Waals surface area contributed by atoms with E-state index in [1.807, 2.05) is 0 Å². The molecule has 1 amide bonds. The number of hydrogen-bond donors (Lipinski definition) is 1. The Labute approximate surface area is 116 Å². The van der Waals surface area contributed by atoms with Crippen LogP contribution in [-0.4, -0.2) is 25.0 Å². The van der Waals surface area contributed by atoms with E-state index in [1.165, 1.54) is 6.07 Å². The van der Waals surface area contributed by atoms with Gasteiger partial charge in [0.05, 0.1) is 11.7 Å². The minimum Gasteiger partial charge on any atom is -0.310 e. The fourth-order valence-electron chi connectivity index (χ4n) is 2.69. The zero-order valence-electron chi connectivity index (χ0n) is 10.3. The van der Waals surface area contributed by atoms with E-state index in [-0.39, 0.29) is 24.4 Å². The Bertz CT molecular complexity index is 504. The maximum atomic E-state index is 13.3. The van der Waals surface area contributed by atoms with Crippen LogP contribution >= 0.6 is 12.4 Å². The molecule has 2 heterocycles. The van der Waals surface area contributed by atoms with Crippen LogP contribution in [-0.2, 0) is 11.2 Å². The molecule has 0 aromatic heterocycles. The maximum absolute atomic E-state index is 13.3. The van der Waals surface area contributed by atoms with E-state index in [4.69, 9.17) is 0 Å². The molecule has 1 N–H and O–H groups in total. The van der Waals surface area contributed by atoms with Crippen LogP contribution in [0.15, 0.2) is 12.1 Å². The van der Waals surface area contributed by atoms with Crippen LogP contribution in [0, 0.1) is 11.6 Å². The van der Waals surface area contributed by atoms with E-state index >= 15 is 0 Å². The van der Waals surface area contributed by atoms with E-state index in [9.17, 15) is 13.6 Å². The summed E-state index contributed by atoms with van der Waals surface area (Å²) in [5.74, 6) is -1.77. The average Bonchev–Trinajstić information content (AvgIpc) is 2.98. The van der Waals surface area contributed by atoms with Crippen molar-refractivity contribution in [3.63, 3.8) is 0 Å². The first-order chi connectivity index (χ1) is 8.66. The van der Waals surface area contributed by atoms with Crippen LogP contribution in [0.5, 0.6) is 0 Å². The number of nitrogens with one attached hydrogen (secondary N) is 1. The molecule has 19 heavy (non-hydrogen) atoms. The lowest BCUT2D eigenvalue weighted by atomic mass is 10.1. The van der Waals surface area contributed by atoms with Gasteiger partial charge in [0.15, 0.2) is 11.6 Å². The number of nitrogens with zero attached hydrogens (tertiary/aromatic N) is 1. The number of carbonyl (C=O) groups is 1. The number of carbonyl (C=O) groups excluding carboxylic acids is 1. The van der Waals surface area contributed by atoms with Crippen molar-refractivity contribution in [1.82, 2.24) is 5.32 Å². The smallest absolute Gasteiger partial charge is 0.244 e. The molecule has 1 aromatic carbocycles. The van der Waals surface area contributed by atoms with Gasteiger partial charge in [-0.3, -0.25) is 4.79 Å². The van der Waals surface area contributed by atoms with Crippen molar-refractivity contribution < 1.29 is 13.6 Å². The summed E-state index contributed by atoms with van der Waals surface area (Å²) in [6.45, 7) is 1.35. The molecule has 1 unspecified atom stereocenters. The third-order valence-corrected chi connectivity index (χ3v) is 3.64. The molecule has 0 bridgehead atoms. The van der Waals surface area contributed by atoms with Gasteiger partial charge in [-0.05, 0) is 37.4 Å². The van der Waals surface area contributed by atoms with E-state index in [0.29, 0.717) is 24.2 Å². The van der Waals surface area contributed by atoms with Gasteiger partial charge in [-0.2, -0.15) is 0 Å². The highest BCUT2D eigenvalue weighted by Gasteiger charge is 2.32. The number of hydrogen-bond acceptors (Lipinski definition) is 2. The summed E-state index contributed by atoms with van der Waals surface area (Å²) < 4.78 is 26.4. The molecule has 3 rings (SSSR count). The molecule has 2 aliphatic rings. The highest BCUT2D eigenvalue weighted by atomic mass is 35.5. The third kappa shape index (κ3) is 2.44. The number of fused-ring (bicyclic) bond motifs is 1. The number of amides is 1. The van der Waals surface area contributed by atoms with Crippen LogP contribution in [0.25, 0.3) is 0 Å². The minimum atomic E-state index is -0.896. The Morgan fingerprint density at radius 3 is 2.74 bits per heavy atom. The topological polar surface area (TPSA) is 32.3 Å². The van der Waals surface area contributed by atoms with Crippen molar-refractivity contribution >= 4 is 24.0 Å². The fourth-order valence-corrected chi connectivity index (χ4v) is 2.69. The first-order valence-electron chi connectivity index (χ1n) is 6.19. The molecule has 104 valence electrons. The molecule has 6 heteroatoms. The molecule has 1 fully saturated rings. The zero-order chi connectivity index (χ0) is 12.7. The summed E-state index contributed by atoms with van der Waals surface area (Å²) in [5, 5.41) is 3.13. The second-order valence-corrected chi connectivity index (χ2v) is 4.78. The second-order valence-electron chi connectivity index (χ2n) is 4.78. The summed E-state index contributed by atoms with van der Waals surface area (Å²) in [5.41, 5.74) is 1.23. The van der Waals surface area contributed by atoms with Gasteiger partial charge in [0.1, 0.15) is 0 Å². The second kappa shape index (κ2) is 5.43. The average molecular weight is 289 g/mol. The van der Waals surface area contributed by atoms with Crippen LogP contribution in [0.1, 0.15) is 18.4 Å². The highest BCUT2D eigenvalue weighted by molar-refractivity contribution is 5.99. The molecule has 0 saturated carbocycles. The number of benzene rings is 1. The maximum Gasteiger partial charge on any atom is 0.244 e. The van der Waals surface area contributed by atoms with Crippen LogP contribution < -0.4 is 10.2 Å². The molecule has 1 atom stereocenters. The van der Waals surface area contributed by atoms with Gasteiger partial charge in [-0.1, -0.05) is 0 Å². The molecule has 0 spiro atoms. The number of anilines is 1. The lowest BCUT2D eigenvalue weighted by Crippen LogP contribution is -2.43. The van der Waals surface area contributed by atoms with Gasteiger partial charge in [-0.25, -0.2) is 8.78 Å². The van der Waals surface area contributed by atoms with E-state index in [1.54, 1.807) is 4.90 Å². The summed E-state index contributed by atoms with van der Waals surface area (Å²) in [6, 6.07) is 2.15. The zero-order valence-corrected chi connectivity index (χ0v) is 11.1. The van der Waals surface area contributed by atoms with E-state index < -0.39 is 11.6 Å². The third-order valence-electron chi connectivity index (χ3n) is 3.64. The normalized spacial score (nSPS) is 21.2. The molecule has 0 aliphatic carbocycles. The van der Waals surface area contributed by atoms with E-state index in [2.05, 4.69) is 5.32 Å². The number of halogens is 3. The lowest BCUT2D eigenvalue weighted by molar-refractivity contribution is -0.120. The van der Waals surface area contributed by atoms with Gasteiger partial charge >= 0.3 is 0 Å². The summed E-state index contributed by atoms with van der Waals surface area (Å²) in [4.78, 5) is 13.8. The standard InChI is InChI=1S/C13H14F2N2O.ClH/c14-9-6-8-3-5-17(12(8)7-10(9)15)13(18)11-2-1-4-16-11;/h6-7,11,16H,1-5H2;1H. The molecule has 1 aromatic rings. The van der Waals surface area contributed by atoms with Gasteiger partial charge < -0.3 is 10.2 Å². The monoisotopic (exact) mass is 288 g/mol. The van der Waals surface area contributed by atoms with Crippen LogP contribution in [0.3, 0.4) is 0 Å². The number of rotatable bonds is 1. The highest BCUT2D eigenvalue weighted by Crippen LogP contribution is 2.31. The summed E-state index contributed by atoms with van der Waals surface area (Å²) in [7, 11) is 0. The molecular weight excluding hydrogens is 274 g/mol. The van der Waals surface area contributed by atoms with Crippen LogP contribution in [0.2, 0.25) is 0 Å². The van der Waals surface area contributed by atoms with Crippen molar-refractivity contribution in [3.05, 3.63) is 29.3 Å². The quantitative estimate of drug-likeness (QED) is 0.857. The van der Waals surface area contributed by atoms with Crippen molar-refractivity contribution in [2.45, 2.75) is 25.3 Å². The van der Waals surface area contributed by atoms with Gasteiger partial charge in [-0.15, -0.1) is 12.4 Å². The Balaban J connectivity index is 0.00000133. The predicted octanol–water partition coefficient (Wildman–Crippen LogP) is 2.03. The first kappa shape index (κ1) is 14.2. The Hall–Kier alpha value is -1.20.